The van der Waals surface area contributed by atoms with Gasteiger partial charge in [-0.3, -0.25) is 0 Å². The van der Waals surface area contributed by atoms with Crippen molar-refractivity contribution in [3.8, 4) is 5.75 Å². The second kappa shape index (κ2) is 9.82. The van der Waals surface area contributed by atoms with E-state index in [2.05, 4.69) is 48.6 Å². The van der Waals surface area contributed by atoms with Crippen LogP contribution in [0.2, 0.25) is 0 Å². The van der Waals surface area contributed by atoms with E-state index in [1.54, 1.807) is 30.6 Å². The van der Waals surface area contributed by atoms with Gasteiger partial charge in [0.15, 0.2) is 0 Å². The summed E-state index contributed by atoms with van der Waals surface area (Å²) in [6, 6.07) is 24.4. The van der Waals surface area contributed by atoms with Gasteiger partial charge in [0.25, 0.3) is 0 Å². The number of methoxy groups -OCH3 is 1. The Kier molecular flexibility index (Phi) is 6.23. The van der Waals surface area contributed by atoms with Gasteiger partial charge in [-0.2, -0.15) is 0 Å². The van der Waals surface area contributed by atoms with Crippen molar-refractivity contribution in [3.63, 3.8) is 0 Å². The Morgan fingerprint density at radius 2 is 1.17 bits per heavy atom. The molecule has 0 saturated heterocycles. The van der Waals surface area contributed by atoms with Gasteiger partial charge < -0.3 is 9.84 Å². The van der Waals surface area contributed by atoms with E-state index in [0.717, 1.165) is 43.9 Å². The Labute approximate surface area is 218 Å². The molecule has 0 bridgehead atoms. The third kappa shape index (κ3) is 4.51. The Balaban J connectivity index is 1.29. The van der Waals surface area contributed by atoms with E-state index in [4.69, 9.17) is 14.7 Å². The van der Waals surface area contributed by atoms with E-state index in [0.29, 0.717) is 0 Å². The Morgan fingerprint density at radius 3 is 1.64 bits per heavy atom. The van der Waals surface area contributed by atoms with Crippen LogP contribution < -0.4 is 4.74 Å². The van der Waals surface area contributed by atoms with Crippen LogP contribution in [-0.4, -0.2) is 22.3 Å². The Hall–Kier alpha value is -3.58. The highest BCUT2D eigenvalue weighted by Gasteiger charge is 2.22. The molecule has 2 aliphatic rings. The molecule has 1 N–H and O–H groups in total. The van der Waals surface area contributed by atoms with Gasteiger partial charge in [-0.25, -0.2) is 9.98 Å². The zero-order valence-electron chi connectivity index (χ0n) is 19.5. The molecule has 0 atom stereocenters. The van der Waals surface area contributed by atoms with Crippen molar-refractivity contribution in [1.29, 1.82) is 0 Å². The molecule has 0 radical (unpaired) electrons. The SMILES string of the molecule is COc1ccc(/C=C/C2=Nc3ccc4c5c(ccc(c35)S2)N=C(/C=C/c2ccc(CO)cc2)S4)cc1. The summed E-state index contributed by atoms with van der Waals surface area (Å²) in [7, 11) is 1.67. The van der Waals surface area contributed by atoms with Crippen molar-refractivity contribution in [2.75, 3.05) is 7.11 Å². The highest BCUT2D eigenvalue weighted by atomic mass is 32.2. The fraction of sp³-hybridized carbons (Fsp3) is 0.0667. The molecule has 0 saturated carbocycles. The molecule has 6 heteroatoms. The van der Waals surface area contributed by atoms with Gasteiger partial charge in [-0.15, -0.1) is 0 Å². The van der Waals surface area contributed by atoms with Gasteiger partial charge in [0.1, 0.15) is 15.8 Å². The third-order valence-electron chi connectivity index (χ3n) is 6.05. The summed E-state index contributed by atoms with van der Waals surface area (Å²) in [5, 5.41) is 13.5. The minimum atomic E-state index is 0.0557. The predicted molar refractivity (Wildman–Crippen MR) is 153 cm³/mol. The number of aliphatic imine (C=N–C) groups is 2. The molecule has 0 spiro atoms. The topological polar surface area (TPSA) is 54.2 Å². The number of aliphatic hydroxyl groups excluding tert-OH is 1. The molecule has 0 fully saturated rings. The van der Waals surface area contributed by atoms with Crippen LogP contribution in [0.1, 0.15) is 16.7 Å². The van der Waals surface area contributed by atoms with E-state index < -0.39 is 0 Å². The molecular weight excluding hydrogens is 484 g/mol. The molecular formula is C30H22N2O2S2. The van der Waals surface area contributed by atoms with Crippen LogP contribution in [0, 0.1) is 0 Å². The van der Waals surface area contributed by atoms with Crippen LogP contribution in [0.3, 0.4) is 0 Å². The molecule has 0 unspecified atom stereocenters. The quantitative estimate of drug-likeness (QED) is 0.287. The maximum absolute atomic E-state index is 9.24. The molecule has 36 heavy (non-hydrogen) atoms. The number of aliphatic hydroxyl groups is 1. The number of rotatable bonds is 6. The molecule has 2 heterocycles. The molecule has 0 aromatic heterocycles. The molecule has 0 amide bonds. The minimum Gasteiger partial charge on any atom is -0.497 e. The van der Waals surface area contributed by atoms with Crippen molar-refractivity contribution >= 4 is 67.9 Å². The Morgan fingerprint density at radius 1 is 0.667 bits per heavy atom. The lowest BCUT2D eigenvalue weighted by molar-refractivity contribution is 0.282. The van der Waals surface area contributed by atoms with Crippen LogP contribution in [0.5, 0.6) is 5.75 Å². The number of thioether (sulfide) groups is 2. The van der Waals surface area contributed by atoms with Crippen LogP contribution in [0.15, 0.2) is 105 Å². The van der Waals surface area contributed by atoms with Crippen molar-refractivity contribution < 1.29 is 9.84 Å². The van der Waals surface area contributed by atoms with Crippen molar-refractivity contribution in [1.82, 2.24) is 0 Å². The van der Waals surface area contributed by atoms with E-state index >= 15 is 0 Å². The summed E-state index contributed by atoms with van der Waals surface area (Å²) < 4.78 is 5.24. The highest BCUT2D eigenvalue weighted by Crippen LogP contribution is 2.49. The first-order valence-electron chi connectivity index (χ1n) is 11.5. The average Bonchev–Trinajstić information content (AvgIpc) is 2.94. The number of hydrogen-bond acceptors (Lipinski definition) is 6. The predicted octanol–water partition coefficient (Wildman–Crippen LogP) is 8.04. The highest BCUT2D eigenvalue weighted by molar-refractivity contribution is 8.15. The molecule has 4 aromatic carbocycles. The van der Waals surface area contributed by atoms with E-state index in [-0.39, 0.29) is 6.61 Å². The fourth-order valence-electron chi connectivity index (χ4n) is 4.19. The number of ether oxygens (including phenoxy) is 1. The van der Waals surface area contributed by atoms with Crippen molar-refractivity contribution in [2.24, 2.45) is 9.98 Å². The lowest BCUT2D eigenvalue weighted by Gasteiger charge is -2.21. The van der Waals surface area contributed by atoms with Gasteiger partial charge in [-0.1, -0.05) is 72.1 Å². The normalized spacial score (nSPS) is 14.4. The number of benzene rings is 4. The molecule has 176 valence electrons. The molecule has 0 aliphatic carbocycles. The molecule has 6 rings (SSSR count). The van der Waals surface area contributed by atoms with Crippen molar-refractivity contribution in [2.45, 2.75) is 16.4 Å². The van der Waals surface area contributed by atoms with Gasteiger partial charge in [0.05, 0.1) is 25.1 Å². The summed E-state index contributed by atoms with van der Waals surface area (Å²) in [4.78, 5) is 12.3. The Bertz CT molecular complexity index is 1460. The van der Waals surface area contributed by atoms with E-state index in [1.807, 2.05) is 48.5 Å². The van der Waals surface area contributed by atoms with Gasteiger partial charge in [0.2, 0.25) is 0 Å². The van der Waals surface area contributed by atoms with Gasteiger partial charge >= 0.3 is 0 Å². The third-order valence-corrected chi connectivity index (χ3v) is 8.04. The summed E-state index contributed by atoms with van der Waals surface area (Å²) in [6.45, 7) is 0.0557. The second-order valence-electron chi connectivity index (χ2n) is 8.36. The van der Waals surface area contributed by atoms with Crippen molar-refractivity contribution in [3.05, 3.63) is 102 Å². The molecule has 2 aliphatic heterocycles. The first-order chi connectivity index (χ1) is 17.7. The van der Waals surface area contributed by atoms with Crippen LogP contribution in [-0.2, 0) is 6.61 Å². The lowest BCUT2D eigenvalue weighted by atomic mass is 10.1. The minimum absolute atomic E-state index is 0.0557. The number of nitrogens with zero attached hydrogens (tertiary/aromatic N) is 2. The summed E-state index contributed by atoms with van der Waals surface area (Å²) in [5.74, 6) is 0.848. The zero-order chi connectivity index (χ0) is 24.5. The van der Waals surface area contributed by atoms with Gasteiger partial charge in [-0.05, 0) is 65.2 Å². The van der Waals surface area contributed by atoms with E-state index in [9.17, 15) is 5.11 Å². The summed E-state index contributed by atoms with van der Waals surface area (Å²) in [6.07, 6.45) is 8.26. The average molecular weight is 507 g/mol. The monoisotopic (exact) mass is 506 g/mol. The fourth-order valence-corrected chi connectivity index (χ4v) is 6.09. The second-order valence-corrected chi connectivity index (χ2v) is 10.5. The molecule has 4 aromatic rings. The standard InChI is InChI=1S/C30H22N2O2S2/c1-34-22-10-6-20(7-11-22)9-17-28-32-24-13-14-25-29-23(12-15-26(36-28)30(24)29)31-27(35-25)16-8-19-2-4-21(18-33)5-3-19/h2-17,33H,18H2,1H3/b16-8+,17-9+. The maximum atomic E-state index is 9.24. The largest absolute Gasteiger partial charge is 0.497 e. The lowest BCUT2D eigenvalue weighted by Crippen LogP contribution is -1.98. The smallest absolute Gasteiger partial charge is 0.118 e. The van der Waals surface area contributed by atoms with Gasteiger partial charge in [0, 0.05) is 20.6 Å². The number of hydrogen-bond donors (Lipinski definition) is 1. The molecule has 4 nitrogen and oxygen atoms in total. The van der Waals surface area contributed by atoms with Crippen LogP contribution in [0.4, 0.5) is 11.4 Å². The summed E-state index contributed by atoms with van der Waals surface area (Å²) >= 11 is 3.37. The van der Waals surface area contributed by atoms with Crippen LogP contribution in [0.25, 0.3) is 22.9 Å². The first-order valence-corrected chi connectivity index (χ1v) is 13.2. The first kappa shape index (κ1) is 22.9. The van der Waals surface area contributed by atoms with E-state index in [1.165, 1.54) is 20.6 Å². The maximum Gasteiger partial charge on any atom is 0.118 e. The van der Waals surface area contributed by atoms with Crippen LogP contribution >= 0.6 is 23.5 Å². The summed E-state index contributed by atoms with van der Waals surface area (Å²) in [5.41, 5.74) is 5.05. The zero-order valence-corrected chi connectivity index (χ0v) is 21.1.